The summed E-state index contributed by atoms with van der Waals surface area (Å²) in [6.07, 6.45) is 7.52. The molecule has 3 saturated heterocycles. The van der Waals surface area contributed by atoms with Crippen molar-refractivity contribution in [3.05, 3.63) is 25.3 Å². The van der Waals surface area contributed by atoms with Gasteiger partial charge in [0, 0.05) is 12.6 Å². The second-order valence-electron chi connectivity index (χ2n) is 11.2. The van der Waals surface area contributed by atoms with Crippen molar-refractivity contribution in [3.63, 3.8) is 0 Å². The van der Waals surface area contributed by atoms with Crippen molar-refractivity contribution < 1.29 is 29.0 Å². The third-order valence-electron chi connectivity index (χ3n) is 8.96. The molecule has 2 amide bonds. The molecule has 2 bridgehead atoms. The number of likely N-dealkylation sites (tertiary alicyclic amines) is 1. The molecule has 3 aliphatic heterocycles. The van der Waals surface area contributed by atoms with Crippen molar-refractivity contribution in [2.45, 2.75) is 102 Å². The molecule has 208 valence electrons. The van der Waals surface area contributed by atoms with Crippen LogP contribution in [0, 0.1) is 17.8 Å². The van der Waals surface area contributed by atoms with E-state index in [0.717, 1.165) is 19.3 Å². The fourth-order valence-electron chi connectivity index (χ4n) is 6.97. The second kappa shape index (κ2) is 11.7. The molecule has 4 unspecified atom stereocenters. The minimum atomic E-state index is -1.15. The lowest BCUT2D eigenvalue weighted by atomic mass is 9.62. The van der Waals surface area contributed by atoms with Crippen molar-refractivity contribution in [1.29, 1.82) is 0 Å². The van der Waals surface area contributed by atoms with Crippen molar-refractivity contribution in [1.82, 2.24) is 9.80 Å². The molecule has 8 heteroatoms. The number of hydrogen-bond acceptors (Lipinski definition) is 6. The number of carbonyl (C=O) groups excluding carboxylic acids is 3. The standard InChI is InChI=1S/C29H46N2O6/c1-8-12-13-16-36-27(35)23-22-25(33)31(21(11-4)18-32)24(29(22)17-19(5)28(23,7)37-29)26(34)30(15-10-3)20(6)14-9-2/h8,10,19-24,32H,1,3,9,11-18H2,2,4-7H3/t19?,20?,21-,22-,23-,24?,28+,29?/m0/s1. The monoisotopic (exact) mass is 518 g/mol. The zero-order chi connectivity index (χ0) is 27.5. The van der Waals surface area contributed by atoms with Crippen LogP contribution in [0.2, 0.25) is 0 Å². The molecule has 1 N–H and O–H groups in total. The summed E-state index contributed by atoms with van der Waals surface area (Å²) in [6.45, 7) is 17.7. The van der Waals surface area contributed by atoms with Gasteiger partial charge in [0.05, 0.1) is 30.8 Å². The van der Waals surface area contributed by atoms with Crippen LogP contribution in [0.15, 0.2) is 25.3 Å². The van der Waals surface area contributed by atoms with Crippen molar-refractivity contribution in [2.24, 2.45) is 17.8 Å². The molecule has 0 aliphatic carbocycles. The maximum absolute atomic E-state index is 14.4. The Morgan fingerprint density at radius 1 is 1.32 bits per heavy atom. The minimum absolute atomic E-state index is 0.0608. The number of amides is 2. The Morgan fingerprint density at radius 3 is 2.59 bits per heavy atom. The highest BCUT2D eigenvalue weighted by molar-refractivity contribution is 5.99. The van der Waals surface area contributed by atoms with Crippen LogP contribution in [-0.4, -0.2) is 81.8 Å². The summed E-state index contributed by atoms with van der Waals surface area (Å²) in [5, 5.41) is 10.2. The topological polar surface area (TPSA) is 96.4 Å². The van der Waals surface area contributed by atoms with E-state index in [0.29, 0.717) is 25.8 Å². The Morgan fingerprint density at radius 2 is 2.03 bits per heavy atom. The highest BCUT2D eigenvalue weighted by atomic mass is 16.6. The van der Waals surface area contributed by atoms with Crippen molar-refractivity contribution in [3.8, 4) is 0 Å². The molecule has 0 aromatic carbocycles. The molecular formula is C29H46N2O6. The summed E-state index contributed by atoms with van der Waals surface area (Å²) in [4.78, 5) is 45.4. The number of nitrogens with zero attached hydrogens (tertiary/aromatic N) is 2. The van der Waals surface area contributed by atoms with Gasteiger partial charge in [-0.15, -0.1) is 13.2 Å². The SMILES string of the molecule is C=CCCCOC(=O)[C@@H]1[C@H]2C(=O)N([C@@H](CC)CO)C(C(=O)N(CC=C)C(C)CCC)C23CC(C)[C@@]1(C)O3. The van der Waals surface area contributed by atoms with Gasteiger partial charge in [-0.3, -0.25) is 14.4 Å². The Hall–Kier alpha value is -2.19. The zero-order valence-corrected chi connectivity index (χ0v) is 23.3. The fraction of sp³-hybridized carbons (Fsp3) is 0.759. The van der Waals surface area contributed by atoms with Gasteiger partial charge in [0.2, 0.25) is 11.8 Å². The highest BCUT2D eigenvalue weighted by Gasteiger charge is 2.80. The molecule has 3 aliphatic rings. The smallest absolute Gasteiger partial charge is 0.312 e. The van der Waals surface area contributed by atoms with Gasteiger partial charge in [0.15, 0.2) is 0 Å². The molecule has 8 nitrogen and oxygen atoms in total. The highest BCUT2D eigenvalue weighted by Crippen LogP contribution is 2.65. The normalized spacial score (nSPS) is 33.7. The maximum Gasteiger partial charge on any atom is 0.312 e. The number of allylic oxidation sites excluding steroid dienone is 1. The van der Waals surface area contributed by atoms with Crippen LogP contribution in [0.1, 0.15) is 73.1 Å². The molecule has 0 aromatic rings. The van der Waals surface area contributed by atoms with Crippen molar-refractivity contribution >= 4 is 17.8 Å². The predicted octanol–water partition coefficient (Wildman–Crippen LogP) is 3.48. The summed E-state index contributed by atoms with van der Waals surface area (Å²) >= 11 is 0. The van der Waals surface area contributed by atoms with E-state index in [9.17, 15) is 19.5 Å². The number of carbonyl (C=O) groups is 3. The van der Waals surface area contributed by atoms with Crippen LogP contribution < -0.4 is 0 Å². The average Bonchev–Trinajstić information content (AvgIpc) is 3.38. The van der Waals surface area contributed by atoms with Crippen LogP contribution in [0.5, 0.6) is 0 Å². The molecular weight excluding hydrogens is 472 g/mol. The van der Waals surface area contributed by atoms with E-state index < -0.39 is 41.1 Å². The number of rotatable bonds is 14. The summed E-state index contributed by atoms with van der Waals surface area (Å²) in [6, 6.07) is -1.54. The number of aliphatic hydroxyl groups excluding tert-OH is 1. The number of esters is 1. The number of fused-ring (bicyclic) bond motifs is 1. The van der Waals surface area contributed by atoms with E-state index >= 15 is 0 Å². The number of aliphatic hydroxyl groups is 1. The predicted molar refractivity (Wildman–Crippen MR) is 141 cm³/mol. The first-order valence-corrected chi connectivity index (χ1v) is 13.9. The van der Waals surface area contributed by atoms with Gasteiger partial charge in [0.25, 0.3) is 0 Å². The van der Waals surface area contributed by atoms with Crippen LogP contribution >= 0.6 is 0 Å². The average molecular weight is 519 g/mol. The van der Waals surface area contributed by atoms with E-state index in [1.54, 1.807) is 17.1 Å². The summed E-state index contributed by atoms with van der Waals surface area (Å²) < 4.78 is 12.4. The largest absolute Gasteiger partial charge is 0.465 e. The van der Waals surface area contributed by atoms with Crippen LogP contribution in [-0.2, 0) is 23.9 Å². The van der Waals surface area contributed by atoms with E-state index in [4.69, 9.17) is 9.47 Å². The molecule has 1 spiro atoms. The quantitative estimate of drug-likeness (QED) is 0.215. The molecule has 8 atom stereocenters. The number of hydrogen-bond donors (Lipinski definition) is 1. The van der Waals surface area contributed by atoms with Crippen LogP contribution in [0.25, 0.3) is 0 Å². The summed E-state index contributed by atoms with van der Waals surface area (Å²) in [7, 11) is 0. The van der Waals surface area contributed by atoms with Crippen LogP contribution in [0.3, 0.4) is 0 Å². The Labute approximate surface area is 222 Å². The molecule has 0 saturated carbocycles. The molecule has 0 aromatic heterocycles. The molecule has 37 heavy (non-hydrogen) atoms. The zero-order valence-electron chi connectivity index (χ0n) is 23.3. The molecule has 0 radical (unpaired) electrons. The molecule has 3 heterocycles. The summed E-state index contributed by atoms with van der Waals surface area (Å²) in [5.41, 5.74) is -2.07. The van der Waals surface area contributed by atoms with E-state index in [-0.39, 0.29) is 37.0 Å². The van der Waals surface area contributed by atoms with Gasteiger partial charge >= 0.3 is 5.97 Å². The second-order valence-corrected chi connectivity index (χ2v) is 11.2. The first-order chi connectivity index (χ1) is 17.6. The van der Waals surface area contributed by atoms with Gasteiger partial charge in [-0.2, -0.15) is 0 Å². The van der Waals surface area contributed by atoms with Gasteiger partial charge in [-0.25, -0.2) is 0 Å². The first-order valence-electron chi connectivity index (χ1n) is 13.9. The molecule has 3 fully saturated rings. The van der Waals surface area contributed by atoms with Gasteiger partial charge < -0.3 is 24.4 Å². The van der Waals surface area contributed by atoms with Crippen molar-refractivity contribution in [2.75, 3.05) is 19.8 Å². The van der Waals surface area contributed by atoms with E-state index in [1.165, 1.54) is 4.90 Å². The maximum atomic E-state index is 14.4. The molecule has 3 rings (SSSR count). The minimum Gasteiger partial charge on any atom is -0.465 e. The van der Waals surface area contributed by atoms with Crippen LogP contribution in [0.4, 0.5) is 0 Å². The Kier molecular flexibility index (Phi) is 9.27. The fourth-order valence-corrected chi connectivity index (χ4v) is 6.97. The Balaban J connectivity index is 2.09. The number of unbranched alkanes of at least 4 members (excludes halogenated alkanes) is 1. The van der Waals surface area contributed by atoms with E-state index in [2.05, 4.69) is 20.1 Å². The van der Waals surface area contributed by atoms with Gasteiger partial charge in [0.1, 0.15) is 17.6 Å². The lowest BCUT2D eigenvalue weighted by Gasteiger charge is -2.41. The summed E-state index contributed by atoms with van der Waals surface area (Å²) in [5.74, 6) is -2.67. The third-order valence-corrected chi connectivity index (χ3v) is 8.96. The van der Waals surface area contributed by atoms with E-state index in [1.807, 2.05) is 27.7 Å². The van der Waals surface area contributed by atoms with Gasteiger partial charge in [-0.05, 0) is 51.9 Å². The Bertz CT molecular complexity index is 888. The lowest BCUT2D eigenvalue weighted by molar-refractivity contribution is -0.164. The first kappa shape index (κ1) is 29.4. The number of ether oxygens (including phenoxy) is 2. The third kappa shape index (κ3) is 4.76. The van der Waals surface area contributed by atoms with Gasteiger partial charge in [-0.1, -0.05) is 39.3 Å². The lowest BCUT2D eigenvalue weighted by Crippen LogP contribution is -2.60.